The van der Waals surface area contributed by atoms with Gasteiger partial charge < -0.3 is 14.4 Å². The molecule has 3 aromatic rings. The van der Waals surface area contributed by atoms with Crippen LogP contribution in [0.3, 0.4) is 0 Å². The van der Waals surface area contributed by atoms with E-state index in [1.54, 1.807) is 17.6 Å². The van der Waals surface area contributed by atoms with Gasteiger partial charge in [0.1, 0.15) is 12.4 Å². The first-order valence-corrected chi connectivity index (χ1v) is 11.7. The molecule has 0 spiro atoms. The van der Waals surface area contributed by atoms with Crippen molar-refractivity contribution >= 4 is 16.9 Å². The molecule has 3 aliphatic rings. The Bertz CT molecular complexity index is 1510. The van der Waals surface area contributed by atoms with Crippen LogP contribution in [0.2, 0.25) is 0 Å². The molecule has 6 rings (SSSR count). The molecule has 0 radical (unpaired) electrons. The van der Waals surface area contributed by atoms with Crippen LogP contribution in [-0.2, 0) is 34.7 Å². The molecule has 4 heterocycles. The summed E-state index contributed by atoms with van der Waals surface area (Å²) in [6.07, 6.45) is 4.41. The first kappa shape index (κ1) is 21.2. The third-order valence-corrected chi connectivity index (χ3v) is 7.95. The number of halogens is 1. The number of aliphatic hydroxyl groups is 1. The number of nitrogens with zero attached hydrogens (tertiary/aromatic N) is 2. The summed E-state index contributed by atoms with van der Waals surface area (Å²) in [6.45, 7) is 7.60. The molecule has 34 heavy (non-hydrogen) atoms. The monoisotopic (exact) mass is 460 g/mol. The smallest absolute Gasteiger partial charge is 0.343 e. The molecular weight excluding hydrogens is 435 g/mol. The number of hydrogen-bond donors (Lipinski definition) is 1. The first-order chi connectivity index (χ1) is 16.3. The van der Waals surface area contributed by atoms with E-state index in [-0.39, 0.29) is 35.9 Å². The SMILES string of the molecule is C=CC[C@@H]1CCc2c(C)c(F)cc3nc4c(c1c23)Cn1c-4cc2c(c1=O)COC(=O)[C@]2(O)CC. The van der Waals surface area contributed by atoms with Crippen molar-refractivity contribution in [2.45, 2.75) is 64.2 Å². The molecule has 6 nitrogen and oxygen atoms in total. The fourth-order valence-electron chi connectivity index (χ4n) is 6.09. The Morgan fingerprint density at radius 3 is 2.85 bits per heavy atom. The van der Waals surface area contributed by atoms with E-state index in [1.807, 2.05) is 13.0 Å². The number of hydrogen-bond acceptors (Lipinski definition) is 5. The van der Waals surface area contributed by atoms with Crippen LogP contribution in [-0.4, -0.2) is 20.6 Å². The highest BCUT2D eigenvalue weighted by Gasteiger charge is 2.45. The van der Waals surface area contributed by atoms with Crippen molar-refractivity contribution in [2.75, 3.05) is 0 Å². The van der Waals surface area contributed by atoms with Crippen molar-refractivity contribution in [1.82, 2.24) is 9.55 Å². The highest BCUT2D eigenvalue weighted by atomic mass is 19.1. The molecular formula is C27H25FN2O4. The third kappa shape index (κ3) is 2.56. The van der Waals surface area contributed by atoms with Crippen molar-refractivity contribution in [1.29, 1.82) is 0 Å². The largest absolute Gasteiger partial charge is 0.458 e. The maximum atomic E-state index is 14.8. The molecule has 174 valence electrons. The third-order valence-electron chi connectivity index (χ3n) is 7.95. The molecule has 0 unspecified atom stereocenters. The number of carbonyl (C=O) groups excluding carboxylic acids is 1. The lowest BCUT2D eigenvalue weighted by Gasteiger charge is -2.31. The molecule has 1 N–H and O–H groups in total. The van der Waals surface area contributed by atoms with Crippen molar-refractivity contribution in [2.24, 2.45) is 0 Å². The zero-order valence-corrected chi connectivity index (χ0v) is 19.2. The molecule has 2 aromatic heterocycles. The standard InChI is InChI=1S/C27H25FN2O4/c1-4-6-14-7-8-15-13(3)19(28)10-20-23(15)22(14)16-11-30-21(24(16)29-20)9-18-17(25(30)31)12-34-26(32)27(18,33)5-2/h4,9-10,14,33H,1,5-8,11-12H2,2-3H3/t14-,27+/m1/s1. The van der Waals surface area contributed by atoms with E-state index in [0.717, 1.165) is 41.3 Å². The molecule has 0 saturated carbocycles. The number of esters is 1. The van der Waals surface area contributed by atoms with Gasteiger partial charge in [-0.05, 0) is 61.3 Å². The second-order valence-electron chi connectivity index (χ2n) is 9.57. The van der Waals surface area contributed by atoms with E-state index in [9.17, 15) is 19.1 Å². The maximum absolute atomic E-state index is 14.8. The van der Waals surface area contributed by atoms with E-state index < -0.39 is 11.6 Å². The van der Waals surface area contributed by atoms with Crippen LogP contribution in [0.5, 0.6) is 0 Å². The minimum atomic E-state index is -1.88. The summed E-state index contributed by atoms with van der Waals surface area (Å²) in [4.78, 5) is 30.8. The maximum Gasteiger partial charge on any atom is 0.343 e. The lowest BCUT2D eigenvalue weighted by Crippen LogP contribution is -2.44. The Hall–Kier alpha value is -3.32. The van der Waals surface area contributed by atoms with Crippen LogP contribution >= 0.6 is 0 Å². The average molecular weight is 461 g/mol. The van der Waals surface area contributed by atoms with Crippen molar-refractivity contribution in [3.63, 3.8) is 0 Å². The van der Waals surface area contributed by atoms with E-state index in [4.69, 9.17) is 9.72 Å². The van der Waals surface area contributed by atoms with Crippen molar-refractivity contribution < 1.29 is 19.0 Å². The second kappa shape index (κ2) is 7.09. The van der Waals surface area contributed by atoms with Crippen LogP contribution in [0.1, 0.15) is 65.5 Å². The Balaban J connectivity index is 1.69. The number of pyridine rings is 2. The van der Waals surface area contributed by atoms with E-state index in [1.165, 1.54) is 6.07 Å². The van der Waals surface area contributed by atoms with Gasteiger partial charge in [-0.15, -0.1) is 6.58 Å². The fraction of sp³-hybridized carbons (Fsp3) is 0.370. The van der Waals surface area contributed by atoms with Crippen LogP contribution < -0.4 is 5.56 Å². The first-order valence-electron chi connectivity index (χ1n) is 11.7. The van der Waals surface area contributed by atoms with Crippen molar-refractivity contribution in [3.8, 4) is 11.4 Å². The predicted octanol–water partition coefficient (Wildman–Crippen LogP) is 4.13. The number of aryl methyl sites for hydroxylation is 1. The van der Waals surface area contributed by atoms with Crippen LogP contribution in [0, 0.1) is 12.7 Å². The molecule has 0 bridgehead atoms. The molecule has 7 heteroatoms. The number of fused-ring (bicyclic) bond motifs is 5. The van der Waals surface area contributed by atoms with Gasteiger partial charge in [0.25, 0.3) is 5.56 Å². The average Bonchev–Trinajstić information content (AvgIpc) is 3.19. The van der Waals surface area contributed by atoms with Gasteiger partial charge in [0, 0.05) is 22.6 Å². The highest BCUT2D eigenvalue weighted by molar-refractivity contribution is 5.93. The summed E-state index contributed by atoms with van der Waals surface area (Å²) in [7, 11) is 0. The number of cyclic esters (lactones) is 1. The number of rotatable bonds is 3. The fourth-order valence-corrected chi connectivity index (χ4v) is 6.09. The quantitative estimate of drug-likeness (QED) is 0.367. The zero-order chi connectivity index (χ0) is 23.9. The topological polar surface area (TPSA) is 81.4 Å². The van der Waals surface area contributed by atoms with E-state index >= 15 is 0 Å². The van der Waals surface area contributed by atoms with Crippen LogP contribution in [0.25, 0.3) is 22.3 Å². The number of benzene rings is 1. The molecule has 0 fully saturated rings. The Morgan fingerprint density at radius 2 is 2.12 bits per heavy atom. The number of allylic oxidation sites excluding steroid dienone is 1. The van der Waals surface area contributed by atoms with Gasteiger partial charge in [-0.3, -0.25) is 4.79 Å². The highest BCUT2D eigenvalue weighted by Crippen LogP contribution is 2.47. The minimum absolute atomic E-state index is 0.0836. The lowest BCUT2D eigenvalue weighted by atomic mass is 9.77. The molecule has 0 saturated heterocycles. The number of aromatic nitrogens is 2. The zero-order valence-electron chi connectivity index (χ0n) is 19.2. The van der Waals surface area contributed by atoms with Gasteiger partial charge in [-0.25, -0.2) is 14.2 Å². The summed E-state index contributed by atoms with van der Waals surface area (Å²) in [5.41, 5.74) is 3.85. The van der Waals surface area contributed by atoms with E-state index in [0.29, 0.717) is 34.6 Å². The number of carbonyl (C=O) groups is 1. The van der Waals surface area contributed by atoms with E-state index in [2.05, 4.69) is 6.58 Å². The molecule has 0 amide bonds. The van der Waals surface area contributed by atoms with Crippen LogP contribution in [0.15, 0.2) is 29.6 Å². The van der Waals surface area contributed by atoms with Gasteiger partial charge >= 0.3 is 5.97 Å². The summed E-state index contributed by atoms with van der Waals surface area (Å²) < 4.78 is 21.6. The second-order valence-corrected chi connectivity index (χ2v) is 9.57. The molecule has 2 aliphatic heterocycles. The minimum Gasteiger partial charge on any atom is -0.458 e. The van der Waals surface area contributed by atoms with Crippen LogP contribution in [0.4, 0.5) is 4.39 Å². The van der Waals surface area contributed by atoms with Gasteiger partial charge in [0.2, 0.25) is 0 Å². The molecule has 1 aromatic carbocycles. The summed E-state index contributed by atoms with van der Waals surface area (Å²) in [6, 6.07) is 3.18. The summed E-state index contributed by atoms with van der Waals surface area (Å²) in [5, 5.41) is 12.1. The number of ether oxygens (including phenoxy) is 1. The molecule has 2 atom stereocenters. The Morgan fingerprint density at radius 1 is 1.32 bits per heavy atom. The Kier molecular flexibility index (Phi) is 4.43. The summed E-state index contributed by atoms with van der Waals surface area (Å²) >= 11 is 0. The van der Waals surface area contributed by atoms with Gasteiger partial charge in [0.15, 0.2) is 5.60 Å². The van der Waals surface area contributed by atoms with Gasteiger partial charge in [-0.2, -0.15) is 0 Å². The lowest BCUT2D eigenvalue weighted by molar-refractivity contribution is -0.172. The molecule has 1 aliphatic carbocycles. The summed E-state index contributed by atoms with van der Waals surface area (Å²) in [5.74, 6) is -0.835. The Labute approximate surface area is 195 Å². The predicted molar refractivity (Wildman–Crippen MR) is 125 cm³/mol. The normalized spacial score (nSPS) is 22.2. The van der Waals surface area contributed by atoms with Gasteiger partial charge in [0.05, 0.1) is 29.0 Å². The van der Waals surface area contributed by atoms with Gasteiger partial charge in [-0.1, -0.05) is 13.0 Å². The van der Waals surface area contributed by atoms with Crippen molar-refractivity contribution in [3.05, 3.63) is 74.3 Å².